The lowest BCUT2D eigenvalue weighted by atomic mass is 10.3. The summed E-state index contributed by atoms with van der Waals surface area (Å²) in [6.07, 6.45) is 4.35. The van der Waals surface area contributed by atoms with Crippen LogP contribution in [-0.2, 0) is 4.74 Å². The fourth-order valence-electron chi connectivity index (χ4n) is 1.12. The smallest absolute Gasteiger partial charge is 0.288 e. The Morgan fingerprint density at radius 3 is 3.00 bits per heavy atom. The van der Waals surface area contributed by atoms with Gasteiger partial charge in [0.2, 0.25) is 5.82 Å². The number of amides is 1. The van der Waals surface area contributed by atoms with Gasteiger partial charge in [-0.1, -0.05) is 13.3 Å². The first kappa shape index (κ1) is 12.6. The van der Waals surface area contributed by atoms with Crippen LogP contribution in [0.4, 0.5) is 0 Å². The molecule has 0 aromatic carbocycles. The molecule has 0 bridgehead atoms. The van der Waals surface area contributed by atoms with Gasteiger partial charge in [0.1, 0.15) is 6.33 Å². The van der Waals surface area contributed by atoms with Crippen LogP contribution < -0.4 is 5.32 Å². The van der Waals surface area contributed by atoms with Crippen LogP contribution in [0, 0.1) is 0 Å². The van der Waals surface area contributed by atoms with Crippen molar-refractivity contribution < 1.29 is 9.53 Å². The van der Waals surface area contributed by atoms with Crippen molar-refractivity contribution in [3.63, 3.8) is 0 Å². The van der Waals surface area contributed by atoms with Gasteiger partial charge in [0.05, 0.1) is 0 Å². The fraction of sp³-hybridized carbons (Fsp3) is 0.700. The van der Waals surface area contributed by atoms with Crippen molar-refractivity contribution >= 4 is 5.91 Å². The second-order valence-corrected chi connectivity index (χ2v) is 3.41. The minimum absolute atomic E-state index is 0.231. The molecule has 0 radical (unpaired) electrons. The number of ether oxygens (including phenoxy) is 1. The highest BCUT2D eigenvalue weighted by Gasteiger charge is 2.06. The van der Waals surface area contributed by atoms with Gasteiger partial charge in [-0.2, -0.15) is 5.10 Å². The number of hydrogen-bond acceptors (Lipinski definition) is 4. The van der Waals surface area contributed by atoms with Gasteiger partial charge in [-0.3, -0.25) is 9.89 Å². The monoisotopic (exact) mass is 226 g/mol. The highest BCUT2D eigenvalue weighted by molar-refractivity contribution is 5.90. The van der Waals surface area contributed by atoms with Crippen molar-refractivity contribution in [3.8, 4) is 0 Å². The molecule has 1 aromatic heterocycles. The van der Waals surface area contributed by atoms with E-state index in [4.69, 9.17) is 4.74 Å². The largest absolute Gasteiger partial charge is 0.381 e. The molecule has 1 aromatic rings. The Morgan fingerprint density at radius 2 is 2.31 bits per heavy atom. The number of nitrogens with one attached hydrogen (secondary N) is 2. The molecular formula is C10H18N4O2. The van der Waals surface area contributed by atoms with Crippen LogP contribution >= 0.6 is 0 Å². The summed E-state index contributed by atoms with van der Waals surface area (Å²) in [5.74, 6) is 0.0120. The van der Waals surface area contributed by atoms with Gasteiger partial charge in [-0.25, -0.2) is 4.98 Å². The average molecular weight is 226 g/mol. The van der Waals surface area contributed by atoms with E-state index in [1.54, 1.807) is 0 Å². The molecule has 2 N–H and O–H groups in total. The van der Waals surface area contributed by atoms with E-state index in [2.05, 4.69) is 27.4 Å². The second kappa shape index (κ2) is 7.81. The second-order valence-electron chi connectivity index (χ2n) is 3.41. The van der Waals surface area contributed by atoms with Crippen molar-refractivity contribution in [2.75, 3.05) is 19.8 Å². The van der Waals surface area contributed by atoms with E-state index in [0.29, 0.717) is 13.2 Å². The summed E-state index contributed by atoms with van der Waals surface area (Å²) >= 11 is 0. The molecule has 0 aliphatic carbocycles. The van der Waals surface area contributed by atoms with Crippen molar-refractivity contribution in [2.45, 2.75) is 26.2 Å². The van der Waals surface area contributed by atoms with Crippen LogP contribution in [0.2, 0.25) is 0 Å². The number of H-pyrrole nitrogens is 1. The number of carbonyl (C=O) groups excluding carboxylic acids is 1. The summed E-state index contributed by atoms with van der Waals surface area (Å²) in [4.78, 5) is 15.1. The van der Waals surface area contributed by atoms with Crippen molar-refractivity contribution in [2.24, 2.45) is 0 Å². The molecule has 0 atom stereocenters. The third kappa shape index (κ3) is 4.88. The Bertz CT molecular complexity index is 287. The zero-order valence-electron chi connectivity index (χ0n) is 9.53. The van der Waals surface area contributed by atoms with Crippen molar-refractivity contribution in [1.29, 1.82) is 0 Å². The number of rotatable bonds is 8. The summed E-state index contributed by atoms with van der Waals surface area (Å²) in [6, 6.07) is 0. The molecule has 6 nitrogen and oxygen atoms in total. The van der Waals surface area contributed by atoms with Gasteiger partial charge in [-0.05, 0) is 12.8 Å². The van der Waals surface area contributed by atoms with Crippen LogP contribution in [0.1, 0.15) is 36.8 Å². The molecular weight excluding hydrogens is 208 g/mol. The van der Waals surface area contributed by atoms with E-state index >= 15 is 0 Å². The molecule has 0 fully saturated rings. The minimum Gasteiger partial charge on any atom is -0.381 e. The van der Waals surface area contributed by atoms with Gasteiger partial charge in [-0.15, -0.1) is 0 Å². The Morgan fingerprint density at radius 1 is 1.50 bits per heavy atom. The lowest BCUT2D eigenvalue weighted by Gasteiger charge is -2.04. The maximum Gasteiger partial charge on any atom is 0.288 e. The predicted octanol–water partition coefficient (Wildman–Crippen LogP) is 0.741. The fourth-order valence-corrected chi connectivity index (χ4v) is 1.12. The van der Waals surface area contributed by atoms with Gasteiger partial charge in [0, 0.05) is 19.8 Å². The van der Waals surface area contributed by atoms with E-state index in [0.717, 1.165) is 25.9 Å². The van der Waals surface area contributed by atoms with Crippen LogP contribution in [0.15, 0.2) is 6.33 Å². The van der Waals surface area contributed by atoms with Gasteiger partial charge in [0.15, 0.2) is 0 Å². The first-order valence-corrected chi connectivity index (χ1v) is 5.56. The molecule has 16 heavy (non-hydrogen) atoms. The van der Waals surface area contributed by atoms with Gasteiger partial charge in [0.25, 0.3) is 5.91 Å². The maximum atomic E-state index is 11.4. The summed E-state index contributed by atoms with van der Waals surface area (Å²) in [5, 5.41) is 8.82. The highest BCUT2D eigenvalue weighted by atomic mass is 16.5. The van der Waals surface area contributed by atoms with Crippen LogP contribution in [0.3, 0.4) is 0 Å². The number of aromatic amines is 1. The number of hydrogen-bond donors (Lipinski definition) is 2. The summed E-state index contributed by atoms with van der Waals surface area (Å²) in [6.45, 7) is 4.19. The molecule has 0 unspecified atom stereocenters. The average Bonchev–Trinajstić information content (AvgIpc) is 2.81. The summed E-state index contributed by atoms with van der Waals surface area (Å²) < 4.78 is 5.36. The molecule has 0 aliphatic rings. The lowest BCUT2D eigenvalue weighted by molar-refractivity contribution is 0.0930. The summed E-state index contributed by atoms with van der Waals surface area (Å²) in [7, 11) is 0. The first-order valence-electron chi connectivity index (χ1n) is 5.56. The number of nitrogens with zero attached hydrogens (tertiary/aromatic N) is 2. The molecule has 0 saturated heterocycles. The molecule has 0 saturated carbocycles. The quantitative estimate of drug-likeness (QED) is 0.641. The van der Waals surface area contributed by atoms with Crippen LogP contribution in [-0.4, -0.2) is 40.8 Å². The molecule has 90 valence electrons. The number of unbranched alkanes of at least 4 members (excludes halogenated alkanes) is 1. The third-order valence-corrected chi connectivity index (χ3v) is 2.02. The minimum atomic E-state index is -0.231. The summed E-state index contributed by atoms with van der Waals surface area (Å²) in [5.41, 5.74) is 0. The highest BCUT2D eigenvalue weighted by Crippen LogP contribution is 1.90. The Labute approximate surface area is 94.8 Å². The maximum absolute atomic E-state index is 11.4. The van der Waals surface area contributed by atoms with Gasteiger partial charge < -0.3 is 10.1 Å². The van der Waals surface area contributed by atoms with E-state index in [-0.39, 0.29) is 11.7 Å². The van der Waals surface area contributed by atoms with Crippen molar-refractivity contribution in [1.82, 2.24) is 20.5 Å². The molecule has 0 aliphatic heterocycles. The zero-order chi connectivity index (χ0) is 11.6. The third-order valence-electron chi connectivity index (χ3n) is 2.02. The number of aromatic nitrogens is 3. The normalized spacial score (nSPS) is 10.3. The zero-order valence-corrected chi connectivity index (χ0v) is 9.53. The molecule has 1 heterocycles. The van der Waals surface area contributed by atoms with Crippen LogP contribution in [0.5, 0.6) is 0 Å². The van der Waals surface area contributed by atoms with Gasteiger partial charge >= 0.3 is 0 Å². The Hall–Kier alpha value is -1.43. The standard InChI is InChI=1S/C10H18N4O2/c1-2-3-6-16-7-4-5-11-10(15)9-12-8-13-14-9/h8H,2-7H2,1H3,(H,11,15)(H,12,13,14). The first-order chi connectivity index (χ1) is 7.84. The lowest BCUT2D eigenvalue weighted by Crippen LogP contribution is -2.26. The Kier molecular flexibility index (Phi) is 6.17. The molecule has 1 amide bonds. The number of carbonyl (C=O) groups is 1. The predicted molar refractivity (Wildman–Crippen MR) is 59.1 cm³/mol. The molecule has 0 spiro atoms. The molecule has 6 heteroatoms. The van der Waals surface area contributed by atoms with E-state index < -0.39 is 0 Å². The van der Waals surface area contributed by atoms with E-state index in [1.807, 2.05) is 0 Å². The van der Waals surface area contributed by atoms with E-state index in [9.17, 15) is 4.79 Å². The van der Waals surface area contributed by atoms with E-state index in [1.165, 1.54) is 6.33 Å². The van der Waals surface area contributed by atoms with Crippen LogP contribution in [0.25, 0.3) is 0 Å². The Balaban J connectivity index is 1.97. The van der Waals surface area contributed by atoms with Crippen molar-refractivity contribution in [3.05, 3.63) is 12.2 Å². The molecule has 1 rings (SSSR count). The SMILES string of the molecule is CCCCOCCCNC(=O)c1ncn[nH]1. The topological polar surface area (TPSA) is 79.9 Å².